The summed E-state index contributed by atoms with van der Waals surface area (Å²) in [4.78, 5) is 15.4. The Hall–Kier alpha value is -2.21. The van der Waals surface area contributed by atoms with Gasteiger partial charge in [0, 0.05) is 24.0 Å². The van der Waals surface area contributed by atoms with Crippen molar-refractivity contribution in [1.82, 2.24) is 20.1 Å². The van der Waals surface area contributed by atoms with Gasteiger partial charge in [-0.2, -0.15) is 5.10 Å². The molecule has 0 bridgehead atoms. The number of hydrogen-bond donors (Lipinski definition) is 2. The smallest absolute Gasteiger partial charge is 0.251 e. The molecule has 1 amide bonds. The number of pyridine rings is 1. The van der Waals surface area contributed by atoms with E-state index in [2.05, 4.69) is 22.3 Å². The lowest BCUT2D eigenvalue weighted by atomic mass is 10.1. The SMILES string of the molecule is CCNC(C)c1cccnc1-n1cc(C(N)=O)cn1. The molecule has 1 atom stereocenters. The maximum atomic E-state index is 11.1. The normalized spacial score (nSPS) is 12.3. The van der Waals surface area contributed by atoms with Crippen molar-refractivity contribution in [2.45, 2.75) is 19.9 Å². The molecule has 2 aromatic rings. The van der Waals surface area contributed by atoms with Crippen LogP contribution >= 0.6 is 0 Å². The highest BCUT2D eigenvalue weighted by atomic mass is 16.1. The molecule has 100 valence electrons. The van der Waals surface area contributed by atoms with Gasteiger partial charge in [-0.25, -0.2) is 9.67 Å². The third-order valence-electron chi connectivity index (χ3n) is 2.88. The molecule has 0 aliphatic heterocycles. The fraction of sp³-hybridized carbons (Fsp3) is 0.308. The Morgan fingerprint density at radius 2 is 2.37 bits per heavy atom. The van der Waals surface area contributed by atoms with E-state index in [4.69, 9.17) is 5.73 Å². The number of carbonyl (C=O) groups is 1. The zero-order valence-corrected chi connectivity index (χ0v) is 11.0. The lowest BCUT2D eigenvalue weighted by Crippen LogP contribution is -2.20. The minimum absolute atomic E-state index is 0.148. The molecular weight excluding hydrogens is 242 g/mol. The number of amides is 1. The summed E-state index contributed by atoms with van der Waals surface area (Å²) in [6.45, 7) is 4.97. The first-order valence-electron chi connectivity index (χ1n) is 6.16. The number of nitrogens with one attached hydrogen (secondary N) is 1. The lowest BCUT2D eigenvalue weighted by molar-refractivity contribution is 0.100. The molecule has 0 fully saturated rings. The monoisotopic (exact) mass is 259 g/mol. The number of rotatable bonds is 5. The van der Waals surface area contributed by atoms with Gasteiger partial charge in [0.1, 0.15) is 0 Å². The van der Waals surface area contributed by atoms with E-state index in [9.17, 15) is 4.79 Å². The molecule has 2 heterocycles. The quantitative estimate of drug-likeness (QED) is 0.840. The van der Waals surface area contributed by atoms with Gasteiger partial charge in [-0.1, -0.05) is 13.0 Å². The standard InChI is InChI=1S/C13H17N5O/c1-3-15-9(2)11-5-4-6-16-13(11)18-8-10(7-17-18)12(14)19/h4-9,15H,3H2,1-2H3,(H2,14,19). The van der Waals surface area contributed by atoms with Crippen LogP contribution in [-0.2, 0) is 0 Å². The second kappa shape index (κ2) is 5.62. The van der Waals surface area contributed by atoms with Gasteiger partial charge in [-0.05, 0) is 19.5 Å². The van der Waals surface area contributed by atoms with Crippen molar-refractivity contribution in [1.29, 1.82) is 0 Å². The van der Waals surface area contributed by atoms with E-state index in [0.29, 0.717) is 11.4 Å². The molecule has 0 radical (unpaired) electrons. The molecule has 0 aliphatic carbocycles. The van der Waals surface area contributed by atoms with Crippen LogP contribution in [0.4, 0.5) is 0 Å². The molecule has 0 saturated heterocycles. The summed E-state index contributed by atoms with van der Waals surface area (Å²) in [5.41, 5.74) is 6.61. The van der Waals surface area contributed by atoms with Crippen LogP contribution in [0, 0.1) is 0 Å². The molecule has 0 aromatic carbocycles. The predicted molar refractivity (Wildman–Crippen MR) is 72.0 cm³/mol. The highest BCUT2D eigenvalue weighted by molar-refractivity contribution is 5.92. The zero-order valence-electron chi connectivity index (χ0n) is 11.0. The van der Waals surface area contributed by atoms with Gasteiger partial charge in [0.25, 0.3) is 5.91 Å². The second-order valence-electron chi connectivity index (χ2n) is 4.23. The highest BCUT2D eigenvalue weighted by Gasteiger charge is 2.13. The van der Waals surface area contributed by atoms with Crippen molar-refractivity contribution in [2.24, 2.45) is 5.73 Å². The molecule has 2 aromatic heterocycles. The van der Waals surface area contributed by atoms with Gasteiger partial charge in [-0.3, -0.25) is 4.79 Å². The topological polar surface area (TPSA) is 85.8 Å². The van der Waals surface area contributed by atoms with Crippen LogP contribution in [0.5, 0.6) is 0 Å². The van der Waals surface area contributed by atoms with E-state index in [1.807, 2.05) is 19.1 Å². The van der Waals surface area contributed by atoms with Crippen LogP contribution in [-0.4, -0.2) is 27.2 Å². The Morgan fingerprint density at radius 3 is 3.00 bits per heavy atom. The zero-order chi connectivity index (χ0) is 13.8. The number of aromatic nitrogens is 3. The Bertz CT molecular complexity index is 578. The Labute approximate surface area is 111 Å². The number of carbonyl (C=O) groups excluding carboxylic acids is 1. The van der Waals surface area contributed by atoms with Crippen LogP contribution < -0.4 is 11.1 Å². The van der Waals surface area contributed by atoms with E-state index < -0.39 is 5.91 Å². The van der Waals surface area contributed by atoms with Gasteiger partial charge < -0.3 is 11.1 Å². The van der Waals surface area contributed by atoms with Crippen LogP contribution in [0.25, 0.3) is 5.82 Å². The lowest BCUT2D eigenvalue weighted by Gasteiger charge is -2.15. The molecule has 6 nitrogen and oxygen atoms in total. The van der Waals surface area contributed by atoms with Crippen molar-refractivity contribution in [3.05, 3.63) is 41.9 Å². The van der Waals surface area contributed by atoms with E-state index in [1.54, 1.807) is 17.1 Å². The fourth-order valence-corrected chi connectivity index (χ4v) is 1.92. The van der Waals surface area contributed by atoms with Crippen molar-refractivity contribution in [3.63, 3.8) is 0 Å². The number of nitrogens with two attached hydrogens (primary N) is 1. The Balaban J connectivity index is 2.40. The van der Waals surface area contributed by atoms with Crippen molar-refractivity contribution >= 4 is 5.91 Å². The van der Waals surface area contributed by atoms with E-state index in [-0.39, 0.29) is 6.04 Å². The van der Waals surface area contributed by atoms with Crippen molar-refractivity contribution in [2.75, 3.05) is 6.54 Å². The van der Waals surface area contributed by atoms with E-state index >= 15 is 0 Å². The van der Waals surface area contributed by atoms with Gasteiger partial charge in [0.15, 0.2) is 5.82 Å². The Morgan fingerprint density at radius 1 is 1.58 bits per heavy atom. The predicted octanol–water partition coefficient (Wildman–Crippen LogP) is 1.04. The largest absolute Gasteiger partial charge is 0.366 e. The maximum Gasteiger partial charge on any atom is 0.251 e. The summed E-state index contributed by atoms with van der Waals surface area (Å²) < 4.78 is 1.57. The minimum Gasteiger partial charge on any atom is -0.366 e. The highest BCUT2D eigenvalue weighted by Crippen LogP contribution is 2.19. The number of hydrogen-bond acceptors (Lipinski definition) is 4. The summed E-state index contributed by atoms with van der Waals surface area (Å²) in [5, 5.41) is 7.47. The van der Waals surface area contributed by atoms with Crippen LogP contribution in [0.2, 0.25) is 0 Å². The summed E-state index contributed by atoms with van der Waals surface area (Å²) >= 11 is 0. The first-order valence-corrected chi connectivity index (χ1v) is 6.16. The van der Waals surface area contributed by atoms with Crippen LogP contribution in [0.1, 0.15) is 35.8 Å². The number of nitrogens with zero attached hydrogens (tertiary/aromatic N) is 3. The summed E-state index contributed by atoms with van der Waals surface area (Å²) in [5.74, 6) is 0.201. The van der Waals surface area contributed by atoms with Gasteiger partial charge in [0.2, 0.25) is 0 Å². The third kappa shape index (κ3) is 2.79. The third-order valence-corrected chi connectivity index (χ3v) is 2.88. The summed E-state index contributed by atoms with van der Waals surface area (Å²) in [7, 11) is 0. The molecule has 19 heavy (non-hydrogen) atoms. The van der Waals surface area contributed by atoms with Crippen LogP contribution in [0.3, 0.4) is 0 Å². The maximum absolute atomic E-state index is 11.1. The second-order valence-corrected chi connectivity index (χ2v) is 4.23. The molecular formula is C13H17N5O. The van der Waals surface area contributed by atoms with Gasteiger partial charge >= 0.3 is 0 Å². The van der Waals surface area contributed by atoms with E-state index in [1.165, 1.54) is 6.20 Å². The molecule has 1 unspecified atom stereocenters. The minimum atomic E-state index is -0.497. The van der Waals surface area contributed by atoms with Gasteiger partial charge in [-0.15, -0.1) is 0 Å². The molecule has 2 rings (SSSR count). The Kier molecular flexibility index (Phi) is 3.91. The van der Waals surface area contributed by atoms with Crippen molar-refractivity contribution < 1.29 is 4.79 Å². The molecule has 0 saturated carbocycles. The first-order chi connectivity index (χ1) is 9.13. The summed E-state index contributed by atoms with van der Waals surface area (Å²) in [6.07, 6.45) is 4.73. The van der Waals surface area contributed by atoms with E-state index in [0.717, 1.165) is 12.1 Å². The molecule has 3 N–H and O–H groups in total. The van der Waals surface area contributed by atoms with Crippen LogP contribution in [0.15, 0.2) is 30.7 Å². The molecule has 6 heteroatoms. The first kappa shape index (κ1) is 13.2. The average Bonchev–Trinajstić information content (AvgIpc) is 2.88. The van der Waals surface area contributed by atoms with Crippen molar-refractivity contribution in [3.8, 4) is 5.82 Å². The summed E-state index contributed by atoms with van der Waals surface area (Å²) in [6, 6.07) is 4.02. The average molecular weight is 259 g/mol. The fourth-order valence-electron chi connectivity index (χ4n) is 1.92. The number of primary amides is 1. The molecule has 0 aliphatic rings. The van der Waals surface area contributed by atoms with Gasteiger partial charge in [0.05, 0.1) is 11.8 Å². The molecule has 0 spiro atoms.